The van der Waals surface area contributed by atoms with Crippen molar-refractivity contribution in [1.82, 2.24) is 29.5 Å². The van der Waals surface area contributed by atoms with E-state index in [2.05, 4.69) is 20.4 Å². The molecule has 1 aromatic carbocycles. The van der Waals surface area contributed by atoms with Crippen LogP contribution in [0.5, 0.6) is 0 Å². The number of benzene rings is 1. The van der Waals surface area contributed by atoms with Gasteiger partial charge in [-0.25, -0.2) is 14.5 Å². The van der Waals surface area contributed by atoms with Crippen LogP contribution in [0.1, 0.15) is 18.3 Å². The van der Waals surface area contributed by atoms with Crippen LogP contribution in [-0.4, -0.2) is 42.1 Å². The smallest absolute Gasteiger partial charge is 0.345 e. The summed E-state index contributed by atoms with van der Waals surface area (Å²) in [5.74, 6) is 1.30. The number of pyridine rings is 1. The molecule has 0 saturated carbocycles. The number of hydrogen-bond acceptors (Lipinski definition) is 5. The molecule has 1 unspecified atom stereocenters. The maximum atomic E-state index is 12.6. The van der Waals surface area contributed by atoms with E-state index in [0.29, 0.717) is 11.5 Å². The van der Waals surface area contributed by atoms with E-state index >= 15 is 0 Å². The van der Waals surface area contributed by atoms with Gasteiger partial charge >= 0.3 is 5.69 Å². The van der Waals surface area contributed by atoms with Gasteiger partial charge in [0.15, 0.2) is 5.65 Å². The number of thioether (sulfide) groups is 1. The number of aromatic nitrogens is 5. The van der Waals surface area contributed by atoms with Crippen LogP contribution < -0.4 is 11.0 Å². The first kappa shape index (κ1) is 18.3. The molecule has 0 spiro atoms. The minimum Gasteiger partial charge on any atom is -0.345 e. The third-order valence-electron chi connectivity index (χ3n) is 4.47. The lowest BCUT2D eigenvalue weighted by Gasteiger charge is -2.16. The zero-order valence-electron chi connectivity index (χ0n) is 15.3. The summed E-state index contributed by atoms with van der Waals surface area (Å²) in [6.07, 6.45) is 4.38. The molecule has 144 valence electrons. The van der Waals surface area contributed by atoms with Crippen molar-refractivity contribution in [3.8, 4) is 0 Å². The summed E-state index contributed by atoms with van der Waals surface area (Å²) in [7, 11) is 0. The third kappa shape index (κ3) is 3.65. The van der Waals surface area contributed by atoms with Crippen LogP contribution in [0.2, 0.25) is 0 Å². The Kier molecular flexibility index (Phi) is 5.16. The third-order valence-corrected chi connectivity index (χ3v) is 5.11. The van der Waals surface area contributed by atoms with Gasteiger partial charge in [-0.2, -0.15) is 11.8 Å². The van der Waals surface area contributed by atoms with E-state index < -0.39 is 0 Å². The number of carbonyl (C=O) groups is 1. The molecule has 1 atom stereocenters. The lowest BCUT2D eigenvalue weighted by atomic mass is 10.2. The average Bonchev–Trinajstić information content (AvgIpc) is 3.27. The topological polar surface area (TPSA) is 97.1 Å². The predicted molar refractivity (Wildman–Crippen MR) is 109 cm³/mol. The van der Waals surface area contributed by atoms with E-state index in [9.17, 15) is 9.59 Å². The first-order valence-electron chi connectivity index (χ1n) is 8.93. The van der Waals surface area contributed by atoms with Gasteiger partial charge in [-0.05, 0) is 42.7 Å². The monoisotopic (exact) mass is 396 g/mol. The summed E-state index contributed by atoms with van der Waals surface area (Å²) in [6.45, 7) is -0.142. The first-order chi connectivity index (χ1) is 13.7. The molecule has 0 bridgehead atoms. The quantitative estimate of drug-likeness (QED) is 0.498. The first-order valence-corrected chi connectivity index (χ1v) is 10.3. The second-order valence-electron chi connectivity index (χ2n) is 6.41. The van der Waals surface area contributed by atoms with E-state index in [0.717, 1.165) is 23.2 Å². The van der Waals surface area contributed by atoms with Gasteiger partial charge in [-0.3, -0.25) is 9.20 Å². The molecule has 0 saturated heterocycles. The molecule has 0 fully saturated rings. The Hall–Kier alpha value is -3.07. The van der Waals surface area contributed by atoms with Gasteiger partial charge in [-0.15, -0.1) is 5.10 Å². The standard InChI is InChI=1S/C19H20N6O2S/c1-28-11-9-15(18-21-13-6-2-3-7-14(13)22-18)20-17(26)12-25-19(27)24-10-5-4-8-16(24)23-25/h2-8,10,15H,9,11-12H2,1H3,(H,20,26)(H,21,22). The minimum absolute atomic E-state index is 0.142. The van der Waals surface area contributed by atoms with Gasteiger partial charge in [0.1, 0.15) is 12.4 Å². The number of fused-ring (bicyclic) bond motifs is 2. The Balaban J connectivity index is 1.54. The Morgan fingerprint density at radius 1 is 1.25 bits per heavy atom. The molecule has 0 aliphatic carbocycles. The molecule has 1 amide bonds. The highest BCUT2D eigenvalue weighted by atomic mass is 32.2. The summed E-state index contributed by atoms with van der Waals surface area (Å²) < 4.78 is 2.59. The Labute approximate surface area is 165 Å². The molecule has 2 N–H and O–H groups in total. The molecule has 9 heteroatoms. The van der Waals surface area contributed by atoms with Gasteiger partial charge in [0, 0.05) is 6.20 Å². The van der Waals surface area contributed by atoms with E-state index in [1.807, 2.05) is 30.5 Å². The van der Waals surface area contributed by atoms with Crippen molar-refractivity contribution >= 4 is 34.3 Å². The molecule has 3 aromatic heterocycles. The summed E-state index contributed by atoms with van der Waals surface area (Å²) in [4.78, 5) is 32.9. The van der Waals surface area contributed by atoms with E-state index in [1.54, 1.807) is 36.2 Å². The molecule has 3 heterocycles. The zero-order valence-corrected chi connectivity index (χ0v) is 16.1. The molecule has 4 rings (SSSR count). The number of H-pyrrole nitrogens is 1. The van der Waals surface area contributed by atoms with Crippen molar-refractivity contribution in [2.45, 2.75) is 19.0 Å². The highest BCUT2D eigenvalue weighted by Gasteiger charge is 2.19. The number of rotatable bonds is 7. The fourth-order valence-corrected chi connectivity index (χ4v) is 3.57. The minimum atomic E-state index is -0.338. The van der Waals surface area contributed by atoms with E-state index in [1.165, 1.54) is 9.08 Å². The summed E-state index contributed by atoms with van der Waals surface area (Å²) in [5.41, 5.74) is 1.96. The van der Waals surface area contributed by atoms with Crippen LogP contribution in [-0.2, 0) is 11.3 Å². The molecule has 0 radical (unpaired) electrons. The van der Waals surface area contributed by atoms with Crippen molar-refractivity contribution in [1.29, 1.82) is 0 Å². The van der Waals surface area contributed by atoms with Crippen LogP contribution in [0.4, 0.5) is 0 Å². The van der Waals surface area contributed by atoms with Gasteiger partial charge in [0.2, 0.25) is 5.91 Å². The van der Waals surface area contributed by atoms with Crippen molar-refractivity contribution in [3.63, 3.8) is 0 Å². The maximum absolute atomic E-state index is 12.6. The van der Waals surface area contributed by atoms with Crippen LogP contribution in [0.15, 0.2) is 53.5 Å². The number of hydrogen-bond donors (Lipinski definition) is 2. The van der Waals surface area contributed by atoms with Crippen molar-refractivity contribution < 1.29 is 4.79 Å². The van der Waals surface area contributed by atoms with Gasteiger partial charge in [0.25, 0.3) is 0 Å². The molecule has 0 aliphatic rings. The SMILES string of the molecule is CSCCC(NC(=O)Cn1nc2ccccn2c1=O)c1nc2ccccc2[nH]1. The molecule has 0 aliphatic heterocycles. The lowest BCUT2D eigenvalue weighted by molar-refractivity contribution is -0.122. The average molecular weight is 396 g/mol. The molecular weight excluding hydrogens is 376 g/mol. The van der Waals surface area contributed by atoms with Gasteiger partial charge in [-0.1, -0.05) is 18.2 Å². The fraction of sp³-hybridized carbons (Fsp3) is 0.263. The lowest BCUT2D eigenvalue weighted by Crippen LogP contribution is -2.35. The molecular formula is C19H20N6O2S. The van der Waals surface area contributed by atoms with Crippen LogP contribution >= 0.6 is 11.8 Å². The van der Waals surface area contributed by atoms with Crippen LogP contribution in [0.25, 0.3) is 16.7 Å². The van der Waals surface area contributed by atoms with Crippen molar-refractivity contribution in [3.05, 3.63) is 65.0 Å². The summed E-state index contributed by atoms with van der Waals surface area (Å²) >= 11 is 1.70. The highest BCUT2D eigenvalue weighted by molar-refractivity contribution is 7.98. The normalized spacial score (nSPS) is 12.5. The van der Waals surface area contributed by atoms with Gasteiger partial charge in [0.05, 0.1) is 17.1 Å². The Bertz CT molecular complexity index is 1140. The number of carbonyl (C=O) groups excluding carboxylic acids is 1. The summed E-state index contributed by atoms with van der Waals surface area (Å²) in [5, 5.41) is 7.20. The molecule has 4 aromatic rings. The second-order valence-corrected chi connectivity index (χ2v) is 7.40. The van der Waals surface area contributed by atoms with Crippen LogP contribution in [0.3, 0.4) is 0 Å². The number of amides is 1. The van der Waals surface area contributed by atoms with Crippen LogP contribution in [0, 0.1) is 0 Å². The predicted octanol–water partition coefficient (Wildman–Crippen LogP) is 1.98. The number of nitrogens with one attached hydrogen (secondary N) is 2. The van der Waals surface area contributed by atoms with Crippen molar-refractivity contribution in [2.24, 2.45) is 0 Å². The molecule has 28 heavy (non-hydrogen) atoms. The van der Waals surface area contributed by atoms with E-state index in [4.69, 9.17) is 0 Å². The number of imidazole rings is 1. The number of nitrogens with zero attached hydrogens (tertiary/aromatic N) is 4. The summed E-state index contributed by atoms with van der Waals surface area (Å²) in [6, 6.07) is 12.8. The van der Waals surface area contributed by atoms with Crippen molar-refractivity contribution in [2.75, 3.05) is 12.0 Å². The Morgan fingerprint density at radius 2 is 2.07 bits per heavy atom. The highest BCUT2D eigenvalue weighted by Crippen LogP contribution is 2.20. The van der Waals surface area contributed by atoms with E-state index in [-0.39, 0.29) is 24.2 Å². The largest absolute Gasteiger partial charge is 0.350 e. The maximum Gasteiger partial charge on any atom is 0.350 e. The Morgan fingerprint density at radius 3 is 2.86 bits per heavy atom. The fourth-order valence-electron chi connectivity index (χ4n) is 3.10. The molecule has 8 nitrogen and oxygen atoms in total. The zero-order chi connectivity index (χ0) is 19.5. The number of para-hydroxylation sites is 2. The second kappa shape index (κ2) is 7.89. The number of aromatic amines is 1. The van der Waals surface area contributed by atoms with Gasteiger partial charge < -0.3 is 10.3 Å².